The van der Waals surface area contributed by atoms with Crippen LogP contribution in [-0.2, 0) is 9.53 Å². The number of aliphatic hydroxyl groups excluding tert-OH is 1. The van der Waals surface area contributed by atoms with Gasteiger partial charge >= 0.3 is 5.97 Å². The Bertz CT molecular complexity index is 608. The highest BCUT2D eigenvalue weighted by Crippen LogP contribution is 2.10. The molecule has 33 heavy (non-hydrogen) atoms. The second kappa shape index (κ2) is 26.1. The van der Waals surface area contributed by atoms with Gasteiger partial charge in [0.05, 0.1) is 12.7 Å². The quantitative estimate of drug-likeness (QED) is 0.107. The summed E-state index contributed by atoms with van der Waals surface area (Å²) < 4.78 is 4.91. The van der Waals surface area contributed by atoms with E-state index in [0.717, 1.165) is 77.0 Å². The lowest BCUT2D eigenvalue weighted by atomic mass is 10.1. The van der Waals surface area contributed by atoms with Gasteiger partial charge in [0.2, 0.25) is 0 Å². The Morgan fingerprint density at radius 1 is 0.667 bits per heavy atom. The molecule has 0 rings (SSSR count). The molecule has 0 aromatic rings. The van der Waals surface area contributed by atoms with Gasteiger partial charge in [0, 0.05) is 6.42 Å². The predicted octanol–water partition coefficient (Wildman–Crippen LogP) is 8.34. The van der Waals surface area contributed by atoms with Crippen LogP contribution in [0.2, 0.25) is 0 Å². The molecule has 3 heteroatoms. The Morgan fingerprint density at radius 3 is 1.64 bits per heavy atom. The average Bonchev–Trinajstić information content (AvgIpc) is 2.80. The van der Waals surface area contributed by atoms with Gasteiger partial charge < -0.3 is 9.84 Å². The topological polar surface area (TPSA) is 46.5 Å². The van der Waals surface area contributed by atoms with E-state index in [1.165, 1.54) is 0 Å². The van der Waals surface area contributed by atoms with Crippen molar-refractivity contribution >= 4 is 5.97 Å². The maximum atomic E-state index is 11.2. The van der Waals surface area contributed by atoms with Crippen molar-refractivity contribution in [3.63, 3.8) is 0 Å². The number of carbonyl (C=O) groups excluding carboxylic acids is 1. The van der Waals surface area contributed by atoms with Gasteiger partial charge in [0.25, 0.3) is 0 Å². The lowest BCUT2D eigenvalue weighted by Gasteiger charge is -2.08. The molecule has 0 amide bonds. The third-order valence-corrected chi connectivity index (χ3v) is 4.99. The number of hydrogen-bond donors (Lipinski definition) is 1. The lowest BCUT2D eigenvalue weighted by Crippen LogP contribution is -2.06. The fourth-order valence-electron chi connectivity index (χ4n) is 3.13. The number of hydrogen-bond acceptors (Lipinski definition) is 3. The fourth-order valence-corrected chi connectivity index (χ4v) is 3.13. The molecule has 0 aliphatic rings. The Hall–Kier alpha value is -2.13. The van der Waals surface area contributed by atoms with Crippen molar-refractivity contribution in [3.8, 4) is 0 Å². The van der Waals surface area contributed by atoms with Crippen LogP contribution in [0.3, 0.4) is 0 Å². The van der Waals surface area contributed by atoms with Crippen molar-refractivity contribution in [2.45, 2.75) is 103 Å². The average molecular weight is 457 g/mol. The zero-order chi connectivity index (χ0) is 24.2. The molecule has 0 bridgehead atoms. The van der Waals surface area contributed by atoms with E-state index >= 15 is 0 Å². The van der Waals surface area contributed by atoms with E-state index in [-0.39, 0.29) is 12.1 Å². The van der Waals surface area contributed by atoms with E-state index in [2.05, 4.69) is 79.8 Å². The zero-order valence-corrected chi connectivity index (χ0v) is 21.2. The van der Waals surface area contributed by atoms with Crippen LogP contribution in [0.15, 0.2) is 72.9 Å². The monoisotopic (exact) mass is 456 g/mol. The number of ether oxygens (including phenoxy) is 1. The summed E-state index contributed by atoms with van der Waals surface area (Å²) in [5.41, 5.74) is 0. The highest BCUT2D eigenvalue weighted by Gasteiger charge is 2.04. The molecular weight excluding hydrogens is 408 g/mol. The van der Waals surface area contributed by atoms with Crippen molar-refractivity contribution in [3.05, 3.63) is 72.9 Å². The molecule has 0 aliphatic heterocycles. The Labute approximate surface area is 203 Å². The first-order valence-electron chi connectivity index (χ1n) is 12.9. The number of aliphatic hydroxyl groups is 1. The van der Waals surface area contributed by atoms with Crippen molar-refractivity contribution in [2.24, 2.45) is 0 Å². The normalized spacial score (nSPS) is 13.7. The third kappa shape index (κ3) is 26.0. The van der Waals surface area contributed by atoms with Gasteiger partial charge in [-0.15, -0.1) is 0 Å². The molecule has 0 fully saturated rings. The van der Waals surface area contributed by atoms with Crippen LogP contribution < -0.4 is 0 Å². The van der Waals surface area contributed by atoms with E-state index in [9.17, 15) is 9.90 Å². The first kappa shape index (κ1) is 30.9. The predicted molar refractivity (Wildman–Crippen MR) is 143 cm³/mol. The molecule has 0 saturated carbocycles. The van der Waals surface area contributed by atoms with Gasteiger partial charge in [-0.2, -0.15) is 0 Å². The first-order valence-corrected chi connectivity index (χ1v) is 12.9. The summed E-state index contributed by atoms with van der Waals surface area (Å²) in [6.07, 6.45) is 38.0. The van der Waals surface area contributed by atoms with Crippen molar-refractivity contribution in [1.82, 2.24) is 0 Å². The Kier molecular flexibility index (Phi) is 24.4. The van der Waals surface area contributed by atoms with E-state index in [4.69, 9.17) is 4.74 Å². The highest BCUT2D eigenvalue weighted by atomic mass is 16.5. The van der Waals surface area contributed by atoms with Crippen LogP contribution in [0.4, 0.5) is 0 Å². The molecular formula is C30H48O3. The van der Waals surface area contributed by atoms with E-state index in [0.29, 0.717) is 13.0 Å². The van der Waals surface area contributed by atoms with Gasteiger partial charge in [-0.1, -0.05) is 92.7 Å². The molecule has 0 aromatic carbocycles. The van der Waals surface area contributed by atoms with Crippen LogP contribution in [-0.4, -0.2) is 23.8 Å². The molecule has 1 N–H and O–H groups in total. The number of unbranched alkanes of at least 4 members (excludes halogenated alkanes) is 2. The standard InChI is InChI=1S/C30H48O3/c1-3-5-6-7-8-9-10-11-12-13-14-15-16-17-18-19-20-21-23-26-29(31)27-24-22-25-28-30(32)33-4-2/h5-6,8-9,11-12,14-15,17-18,20-21,29,31H,3-4,7,10,13,16,19,22-28H2,1-2H3. The van der Waals surface area contributed by atoms with Gasteiger partial charge in [-0.25, -0.2) is 0 Å². The second-order valence-corrected chi connectivity index (χ2v) is 8.05. The van der Waals surface area contributed by atoms with E-state index < -0.39 is 0 Å². The Morgan fingerprint density at radius 2 is 1.15 bits per heavy atom. The summed E-state index contributed by atoms with van der Waals surface area (Å²) in [6.45, 7) is 4.43. The van der Waals surface area contributed by atoms with Gasteiger partial charge in [-0.05, 0) is 71.1 Å². The summed E-state index contributed by atoms with van der Waals surface area (Å²) in [6, 6.07) is 0. The SMILES string of the molecule is CCC=CCC=CCC=CCC=CCC=CCC=CCCC(O)CCCCCC(=O)OCC. The molecule has 0 aliphatic carbocycles. The van der Waals surface area contributed by atoms with Crippen LogP contribution >= 0.6 is 0 Å². The summed E-state index contributed by atoms with van der Waals surface area (Å²) in [4.78, 5) is 11.2. The number of allylic oxidation sites excluding steroid dienone is 12. The van der Waals surface area contributed by atoms with Gasteiger partial charge in [0.15, 0.2) is 0 Å². The molecule has 0 aromatic heterocycles. The van der Waals surface area contributed by atoms with Gasteiger partial charge in [0.1, 0.15) is 0 Å². The molecule has 0 heterocycles. The van der Waals surface area contributed by atoms with Crippen molar-refractivity contribution in [2.75, 3.05) is 6.61 Å². The summed E-state index contributed by atoms with van der Waals surface area (Å²) in [5, 5.41) is 10.0. The third-order valence-electron chi connectivity index (χ3n) is 4.99. The summed E-state index contributed by atoms with van der Waals surface area (Å²) in [7, 11) is 0. The smallest absolute Gasteiger partial charge is 0.305 e. The van der Waals surface area contributed by atoms with Crippen LogP contribution in [0, 0.1) is 0 Å². The Balaban J connectivity index is 3.55. The fraction of sp³-hybridized carbons (Fsp3) is 0.567. The molecule has 1 atom stereocenters. The molecule has 0 saturated heterocycles. The molecule has 186 valence electrons. The molecule has 1 unspecified atom stereocenters. The number of carbonyl (C=O) groups is 1. The lowest BCUT2D eigenvalue weighted by molar-refractivity contribution is -0.143. The maximum absolute atomic E-state index is 11.2. The van der Waals surface area contributed by atoms with E-state index in [1.807, 2.05) is 6.92 Å². The number of esters is 1. The molecule has 0 spiro atoms. The van der Waals surface area contributed by atoms with Crippen LogP contribution in [0.1, 0.15) is 97.3 Å². The molecule has 3 nitrogen and oxygen atoms in total. The van der Waals surface area contributed by atoms with Crippen LogP contribution in [0.25, 0.3) is 0 Å². The van der Waals surface area contributed by atoms with E-state index in [1.54, 1.807) is 0 Å². The minimum absolute atomic E-state index is 0.115. The maximum Gasteiger partial charge on any atom is 0.305 e. The second-order valence-electron chi connectivity index (χ2n) is 8.05. The molecule has 0 radical (unpaired) electrons. The highest BCUT2D eigenvalue weighted by molar-refractivity contribution is 5.69. The van der Waals surface area contributed by atoms with Crippen LogP contribution in [0.5, 0.6) is 0 Å². The largest absolute Gasteiger partial charge is 0.466 e. The minimum Gasteiger partial charge on any atom is -0.466 e. The zero-order valence-electron chi connectivity index (χ0n) is 21.2. The first-order chi connectivity index (χ1) is 16.2. The summed E-state index contributed by atoms with van der Waals surface area (Å²) in [5.74, 6) is -0.115. The minimum atomic E-state index is -0.244. The van der Waals surface area contributed by atoms with Crippen molar-refractivity contribution < 1.29 is 14.6 Å². The van der Waals surface area contributed by atoms with Gasteiger partial charge in [-0.3, -0.25) is 4.79 Å². The number of rotatable bonds is 21. The summed E-state index contributed by atoms with van der Waals surface area (Å²) >= 11 is 0. The van der Waals surface area contributed by atoms with Crippen molar-refractivity contribution in [1.29, 1.82) is 0 Å².